The molecule has 24 heavy (non-hydrogen) atoms. The molecule has 6 heteroatoms. The number of halogens is 1. The highest BCUT2D eigenvalue weighted by Crippen LogP contribution is 2.31. The Morgan fingerprint density at radius 2 is 2.21 bits per heavy atom. The van der Waals surface area contributed by atoms with Crippen molar-refractivity contribution in [2.75, 3.05) is 20.2 Å². The van der Waals surface area contributed by atoms with Crippen molar-refractivity contribution in [2.24, 2.45) is 0 Å². The molecule has 126 valence electrons. The van der Waals surface area contributed by atoms with Crippen LogP contribution in [0.4, 0.5) is 0 Å². The fraction of sp³-hybridized carbons (Fsp3) is 0.389. The molecule has 2 aromatic rings. The fourth-order valence-corrected chi connectivity index (χ4v) is 3.45. The van der Waals surface area contributed by atoms with Gasteiger partial charge in [0, 0.05) is 19.0 Å². The first-order valence-corrected chi connectivity index (χ1v) is 8.38. The zero-order chi connectivity index (χ0) is 17.1. The van der Waals surface area contributed by atoms with E-state index in [4.69, 9.17) is 16.3 Å². The van der Waals surface area contributed by atoms with Crippen LogP contribution in [0.3, 0.4) is 0 Å². The molecule has 1 aromatic carbocycles. The van der Waals surface area contributed by atoms with Gasteiger partial charge in [0.1, 0.15) is 5.75 Å². The number of hydrogen-bond acceptors (Lipinski definition) is 4. The lowest BCUT2D eigenvalue weighted by Gasteiger charge is -2.33. The molecule has 1 fully saturated rings. The molecule has 1 aromatic heterocycles. The second-order valence-electron chi connectivity index (χ2n) is 6.08. The second kappa shape index (κ2) is 7.18. The number of aryl methyl sites for hydroxylation is 1. The van der Waals surface area contributed by atoms with Crippen molar-refractivity contribution in [3.63, 3.8) is 0 Å². The Labute approximate surface area is 146 Å². The van der Waals surface area contributed by atoms with Crippen LogP contribution in [0.5, 0.6) is 5.75 Å². The van der Waals surface area contributed by atoms with E-state index in [-0.39, 0.29) is 11.1 Å². The van der Waals surface area contributed by atoms with Gasteiger partial charge in [-0.05, 0) is 49.1 Å². The van der Waals surface area contributed by atoms with Crippen LogP contribution < -0.4 is 4.74 Å². The minimum Gasteiger partial charge on any atom is -0.497 e. The lowest BCUT2D eigenvalue weighted by atomic mass is 9.87. The van der Waals surface area contributed by atoms with E-state index < -0.39 is 0 Å². The molecule has 1 aliphatic heterocycles. The Hall–Kier alpha value is -2.14. The van der Waals surface area contributed by atoms with Gasteiger partial charge in [0.15, 0.2) is 5.15 Å². The number of methoxy groups -OCH3 is 1. The topological polar surface area (TPSA) is 55.3 Å². The van der Waals surface area contributed by atoms with Gasteiger partial charge in [0.2, 0.25) is 0 Å². The fourth-order valence-electron chi connectivity index (χ4n) is 3.29. The van der Waals surface area contributed by atoms with E-state index in [1.54, 1.807) is 13.2 Å². The largest absolute Gasteiger partial charge is 0.497 e. The van der Waals surface area contributed by atoms with Gasteiger partial charge in [0.25, 0.3) is 5.91 Å². The minimum atomic E-state index is -0.0392. The van der Waals surface area contributed by atoms with Gasteiger partial charge in [-0.1, -0.05) is 17.7 Å². The van der Waals surface area contributed by atoms with Crippen molar-refractivity contribution in [2.45, 2.75) is 25.7 Å². The van der Waals surface area contributed by atoms with Crippen LogP contribution in [0, 0.1) is 6.92 Å². The van der Waals surface area contributed by atoms with E-state index in [1.165, 1.54) is 17.3 Å². The number of aromatic nitrogens is 2. The van der Waals surface area contributed by atoms with E-state index in [9.17, 15) is 4.79 Å². The number of rotatable bonds is 3. The summed E-state index contributed by atoms with van der Waals surface area (Å²) >= 11 is 5.85. The number of piperidine rings is 1. The summed E-state index contributed by atoms with van der Waals surface area (Å²) in [5.41, 5.74) is 2.96. The Morgan fingerprint density at radius 1 is 1.38 bits per heavy atom. The number of hydrogen-bond donors (Lipinski definition) is 0. The Balaban J connectivity index is 1.78. The Morgan fingerprint density at radius 3 is 2.92 bits per heavy atom. The van der Waals surface area contributed by atoms with Gasteiger partial charge >= 0.3 is 0 Å². The molecule has 0 saturated carbocycles. The number of amides is 1. The molecule has 5 nitrogen and oxygen atoms in total. The Kier molecular flexibility index (Phi) is 5.00. The van der Waals surface area contributed by atoms with E-state index in [0.717, 1.165) is 25.1 Å². The summed E-state index contributed by atoms with van der Waals surface area (Å²) in [7, 11) is 1.67. The van der Waals surface area contributed by atoms with Crippen molar-refractivity contribution < 1.29 is 9.53 Å². The second-order valence-corrected chi connectivity index (χ2v) is 6.47. The van der Waals surface area contributed by atoms with Crippen LogP contribution in [0.15, 0.2) is 30.5 Å². The highest BCUT2D eigenvalue weighted by molar-refractivity contribution is 6.29. The maximum atomic E-state index is 12.7. The van der Waals surface area contributed by atoms with Crippen LogP contribution in [0.1, 0.15) is 40.2 Å². The molecule has 0 bridgehead atoms. The monoisotopic (exact) mass is 345 g/mol. The molecule has 1 aliphatic rings. The van der Waals surface area contributed by atoms with E-state index in [0.29, 0.717) is 18.0 Å². The number of likely N-dealkylation sites (tertiary alicyclic amines) is 1. The zero-order valence-corrected chi connectivity index (χ0v) is 14.6. The summed E-state index contributed by atoms with van der Waals surface area (Å²) in [6, 6.07) is 7.70. The van der Waals surface area contributed by atoms with Gasteiger partial charge < -0.3 is 9.64 Å². The summed E-state index contributed by atoms with van der Waals surface area (Å²) in [4.78, 5) is 14.6. The highest BCUT2D eigenvalue weighted by Gasteiger charge is 2.26. The summed E-state index contributed by atoms with van der Waals surface area (Å²) in [5.74, 6) is 1.15. The predicted molar refractivity (Wildman–Crippen MR) is 92.7 cm³/mol. The average Bonchev–Trinajstić information content (AvgIpc) is 2.61. The normalized spacial score (nSPS) is 17.6. The summed E-state index contributed by atoms with van der Waals surface area (Å²) < 4.78 is 5.28. The number of nitrogens with zero attached hydrogens (tertiary/aromatic N) is 3. The standard InChI is InChI=1S/C18H20ClN3O2/c1-12-8-15(24-2)5-6-16(12)13-4-3-7-22(11-13)18(23)14-9-17(19)21-20-10-14/h5-6,8-10,13H,3-4,7,11H2,1-2H3/t13-/m0/s1. The van der Waals surface area contributed by atoms with Crippen molar-refractivity contribution in [3.05, 3.63) is 52.3 Å². The molecule has 3 rings (SSSR count). The van der Waals surface area contributed by atoms with Crippen LogP contribution in [0.2, 0.25) is 5.15 Å². The quantitative estimate of drug-likeness (QED) is 0.854. The molecule has 2 heterocycles. The predicted octanol–water partition coefficient (Wildman–Crippen LogP) is 3.47. The van der Waals surface area contributed by atoms with Gasteiger partial charge in [0.05, 0.1) is 18.9 Å². The van der Waals surface area contributed by atoms with Crippen molar-refractivity contribution in [1.29, 1.82) is 0 Å². The maximum absolute atomic E-state index is 12.7. The molecular weight excluding hydrogens is 326 g/mol. The van der Waals surface area contributed by atoms with Crippen LogP contribution in [-0.2, 0) is 0 Å². The molecular formula is C18H20ClN3O2. The molecule has 0 aliphatic carbocycles. The molecule has 0 radical (unpaired) electrons. The average molecular weight is 346 g/mol. The van der Waals surface area contributed by atoms with Crippen LogP contribution in [-0.4, -0.2) is 41.2 Å². The van der Waals surface area contributed by atoms with Crippen molar-refractivity contribution in [3.8, 4) is 5.75 Å². The lowest BCUT2D eigenvalue weighted by molar-refractivity contribution is 0.0706. The smallest absolute Gasteiger partial charge is 0.255 e. The van der Waals surface area contributed by atoms with Crippen molar-refractivity contribution >= 4 is 17.5 Å². The molecule has 0 spiro atoms. The zero-order valence-electron chi connectivity index (χ0n) is 13.8. The molecule has 1 saturated heterocycles. The van der Waals surface area contributed by atoms with Crippen LogP contribution >= 0.6 is 11.6 Å². The molecule has 0 unspecified atom stereocenters. The summed E-state index contributed by atoms with van der Waals surface area (Å²) in [6.45, 7) is 3.54. The van der Waals surface area contributed by atoms with E-state index >= 15 is 0 Å². The summed E-state index contributed by atoms with van der Waals surface area (Å²) in [5, 5.41) is 7.69. The summed E-state index contributed by atoms with van der Waals surface area (Å²) in [6.07, 6.45) is 3.52. The van der Waals surface area contributed by atoms with E-state index in [2.05, 4.69) is 23.2 Å². The Bertz CT molecular complexity index is 751. The number of carbonyl (C=O) groups is 1. The third-order valence-electron chi connectivity index (χ3n) is 4.50. The first-order chi connectivity index (χ1) is 11.6. The van der Waals surface area contributed by atoms with Crippen LogP contribution in [0.25, 0.3) is 0 Å². The molecule has 1 atom stereocenters. The number of benzene rings is 1. The maximum Gasteiger partial charge on any atom is 0.255 e. The third-order valence-corrected chi connectivity index (χ3v) is 4.68. The number of ether oxygens (including phenoxy) is 1. The third kappa shape index (κ3) is 3.51. The first kappa shape index (κ1) is 16.7. The first-order valence-electron chi connectivity index (χ1n) is 8.00. The minimum absolute atomic E-state index is 0.0392. The molecule has 1 amide bonds. The molecule has 0 N–H and O–H groups in total. The van der Waals surface area contributed by atoms with Gasteiger partial charge in [-0.3, -0.25) is 4.79 Å². The van der Waals surface area contributed by atoms with E-state index in [1.807, 2.05) is 17.0 Å². The lowest BCUT2D eigenvalue weighted by Crippen LogP contribution is -2.39. The van der Waals surface area contributed by atoms with Crippen molar-refractivity contribution in [1.82, 2.24) is 15.1 Å². The van der Waals surface area contributed by atoms with Gasteiger partial charge in [-0.15, -0.1) is 5.10 Å². The SMILES string of the molecule is COc1ccc([C@H]2CCCN(C(=O)c3cnnc(Cl)c3)C2)c(C)c1. The highest BCUT2D eigenvalue weighted by atomic mass is 35.5. The number of carbonyl (C=O) groups excluding carboxylic acids is 1. The van der Waals surface area contributed by atoms with Gasteiger partial charge in [-0.25, -0.2) is 0 Å². The van der Waals surface area contributed by atoms with Gasteiger partial charge in [-0.2, -0.15) is 5.10 Å².